The largest absolute Gasteiger partial charge is 0.493 e. The Morgan fingerprint density at radius 3 is 2.42 bits per heavy atom. The molecule has 0 aliphatic rings. The second-order valence-corrected chi connectivity index (χ2v) is 5.17. The third-order valence-corrected chi connectivity index (χ3v) is 3.46. The molecule has 0 saturated heterocycles. The van der Waals surface area contributed by atoms with Crippen LogP contribution in [0.4, 0.5) is 4.39 Å². The van der Waals surface area contributed by atoms with E-state index in [1.54, 1.807) is 0 Å². The predicted molar refractivity (Wildman–Crippen MR) is 92.3 cm³/mol. The van der Waals surface area contributed by atoms with Crippen molar-refractivity contribution in [3.05, 3.63) is 58.9 Å². The number of aromatic carboxylic acids is 1. The maximum atomic E-state index is 12.8. The molecule has 0 aromatic heterocycles. The molecular weight excluding hydrogens is 343 g/mol. The molecule has 2 N–H and O–H groups in total. The van der Waals surface area contributed by atoms with Gasteiger partial charge in [0.25, 0.3) is 0 Å². The van der Waals surface area contributed by atoms with Crippen LogP contribution in [0.25, 0.3) is 0 Å². The van der Waals surface area contributed by atoms with E-state index in [1.165, 1.54) is 56.8 Å². The molecule has 0 bridgehead atoms. The zero-order chi connectivity index (χ0) is 19.1. The van der Waals surface area contributed by atoms with E-state index in [-0.39, 0.29) is 34.9 Å². The summed E-state index contributed by atoms with van der Waals surface area (Å²) < 4.78 is 23.0. The molecule has 7 nitrogen and oxygen atoms in total. The molecule has 0 aliphatic heterocycles. The van der Waals surface area contributed by atoms with Crippen molar-refractivity contribution in [1.82, 2.24) is 5.43 Å². The minimum absolute atomic E-state index is 0.00927. The number of nitrogens with one attached hydrogen (secondary N) is 1. The maximum Gasteiger partial charge on any atom is 0.340 e. The summed E-state index contributed by atoms with van der Waals surface area (Å²) in [5, 5.41) is 13.2. The molecule has 136 valence electrons. The zero-order valence-corrected chi connectivity index (χ0v) is 14.2. The number of rotatable bonds is 7. The van der Waals surface area contributed by atoms with E-state index in [2.05, 4.69) is 10.5 Å². The van der Waals surface area contributed by atoms with Crippen LogP contribution in [0, 0.1) is 5.82 Å². The van der Waals surface area contributed by atoms with Crippen LogP contribution in [0.15, 0.2) is 41.5 Å². The van der Waals surface area contributed by atoms with Crippen molar-refractivity contribution in [3.63, 3.8) is 0 Å². The number of ether oxygens (including phenoxy) is 2. The first-order chi connectivity index (χ1) is 12.5. The van der Waals surface area contributed by atoms with Gasteiger partial charge in [0.1, 0.15) is 11.4 Å². The number of methoxy groups -OCH3 is 2. The lowest BCUT2D eigenvalue weighted by Crippen LogP contribution is -2.20. The first-order valence-corrected chi connectivity index (χ1v) is 7.51. The number of nitrogens with zero attached hydrogens (tertiary/aromatic N) is 1. The summed E-state index contributed by atoms with van der Waals surface area (Å²) in [5.41, 5.74) is 3.02. The number of carbonyl (C=O) groups excluding carboxylic acids is 1. The van der Waals surface area contributed by atoms with Crippen LogP contribution in [0.5, 0.6) is 11.5 Å². The monoisotopic (exact) mass is 360 g/mol. The van der Waals surface area contributed by atoms with Gasteiger partial charge >= 0.3 is 5.97 Å². The average Bonchev–Trinajstić information content (AvgIpc) is 2.62. The van der Waals surface area contributed by atoms with Crippen molar-refractivity contribution >= 4 is 18.1 Å². The quantitative estimate of drug-likeness (QED) is 0.583. The molecule has 0 atom stereocenters. The van der Waals surface area contributed by atoms with Gasteiger partial charge in [-0.2, -0.15) is 5.10 Å². The van der Waals surface area contributed by atoms with Crippen molar-refractivity contribution in [2.75, 3.05) is 14.2 Å². The highest BCUT2D eigenvalue weighted by Gasteiger charge is 2.20. The molecule has 2 aromatic rings. The molecule has 0 radical (unpaired) electrons. The van der Waals surface area contributed by atoms with Gasteiger partial charge in [0.2, 0.25) is 5.91 Å². The maximum absolute atomic E-state index is 12.8. The minimum atomic E-state index is -1.22. The molecular formula is C18H17FN2O5. The van der Waals surface area contributed by atoms with Crippen LogP contribution in [0.3, 0.4) is 0 Å². The summed E-state index contributed by atoms with van der Waals surface area (Å²) in [5.74, 6) is -1.71. The molecule has 0 saturated carbocycles. The molecule has 0 aliphatic carbocycles. The van der Waals surface area contributed by atoms with Gasteiger partial charge < -0.3 is 14.6 Å². The molecule has 26 heavy (non-hydrogen) atoms. The smallest absolute Gasteiger partial charge is 0.340 e. The van der Waals surface area contributed by atoms with Crippen LogP contribution in [-0.2, 0) is 11.2 Å². The average molecular weight is 360 g/mol. The highest BCUT2D eigenvalue weighted by Crippen LogP contribution is 2.32. The standard InChI is InChI=1S/C18H17FN2O5/c1-25-14-8-5-12(16(18(23)24)17(14)26-2)10-20-21-15(22)9-11-3-6-13(19)7-4-11/h3-8,10H,9H2,1-2H3,(H,21,22)(H,23,24)/b20-10-. The SMILES string of the molecule is COc1ccc(/C=N\NC(=O)Cc2ccc(F)cc2)c(C(=O)O)c1OC. The molecule has 0 fully saturated rings. The van der Waals surface area contributed by atoms with Crippen LogP contribution in [-0.4, -0.2) is 37.4 Å². The van der Waals surface area contributed by atoms with Crippen LogP contribution >= 0.6 is 0 Å². The lowest BCUT2D eigenvalue weighted by atomic mass is 10.1. The Bertz CT molecular complexity index is 834. The molecule has 0 spiro atoms. The number of halogens is 1. The molecule has 0 heterocycles. The summed E-state index contributed by atoms with van der Waals surface area (Å²) in [6.07, 6.45) is 1.21. The Kier molecular flexibility index (Phi) is 6.26. The van der Waals surface area contributed by atoms with E-state index < -0.39 is 11.9 Å². The van der Waals surface area contributed by atoms with Gasteiger partial charge in [-0.3, -0.25) is 4.79 Å². The summed E-state index contributed by atoms with van der Waals surface area (Å²) in [7, 11) is 2.72. The van der Waals surface area contributed by atoms with Crippen LogP contribution in [0.2, 0.25) is 0 Å². The van der Waals surface area contributed by atoms with Gasteiger partial charge in [-0.15, -0.1) is 0 Å². The third kappa shape index (κ3) is 4.56. The van der Waals surface area contributed by atoms with E-state index >= 15 is 0 Å². The van der Waals surface area contributed by atoms with Crippen LogP contribution < -0.4 is 14.9 Å². The lowest BCUT2D eigenvalue weighted by Gasteiger charge is -2.12. The summed E-state index contributed by atoms with van der Waals surface area (Å²) in [4.78, 5) is 23.4. The molecule has 1 amide bonds. The topological polar surface area (TPSA) is 97.2 Å². The number of hydrogen-bond donors (Lipinski definition) is 2. The highest BCUT2D eigenvalue weighted by atomic mass is 19.1. The molecule has 2 rings (SSSR count). The van der Waals surface area contributed by atoms with Gasteiger partial charge in [0, 0.05) is 5.56 Å². The Labute approximate surface area is 149 Å². The van der Waals surface area contributed by atoms with Crippen molar-refractivity contribution < 1.29 is 28.6 Å². The van der Waals surface area contributed by atoms with Gasteiger partial charge in [-0.05, 0) is 29.8 Å². The van der Waals surface area contributed by atoms with Gasteiger partial charge in [0.15, 0.2) is 11.5 Å². The number of carbonyl (C=O) groups is 2. The predicted octanol–water partition coefficient (Wildman–Crippen LogP) is 2.23. The van der Waals surface area contributed by atoms with E-state index in [0.717, 1.165) is 0 Å². The van der Waals surface area contributed by atoms with Crippen molar-refractivity contribution in [3.8, 4) is 11.5 Å². The Balaban J connectivity index is 2.13. The normalized spacial score (nSPS) is 10.6. The zero-order valence-electron chi connectivity index (χ0n) is 14.2. The van der Waals surface area contributed by atoms with Crippen molar-refractivity contribution in [2.24, 2.45) is 5.10 Å². The van der Waals surface area contributed by atoms with Gasteiger partial charge in [-0.1, -0.05) is 12.1 Å². The fourth-order valence-corrected chi connectivity index (χ4v) is 2.27. The fourth-order valence-electron chi connectivity index (χ4n) is 2.27. The van der Waals surface area contributed by atoms with Crippen molar-refractivity contribution in [1.29, 1.82) is 0 Å². The highest BCUT2D eigenvalue weighted by molar-refractivity contribution is 6.02. The number of hydrazone groups is 1. The first-order valence-electron chi connectivity index (χ1n) is 7.51. The van der Waals surface area contributed by atoms with Gasteiger partial charge in [0.05, 0.1) is 26.9 Å². The lowest BCUT2D eigenvalue weighted by molar-refractivity contribution is -0.120. The van der Waals surface area contributed by atoms with E-state index in [9.17, 15) is 19.1 Å². The molecule has 2 aromatic carbocycles. The van der Waals surface area contributed by atoms with Crippen LogP contribution in [0.1, 0.15) is 21.5 Å². The number of benzene rings is 2. The number of hydrogen-bond acceptors (Lipinski definition) is 5. The van der Waals surface area contributed by atoms with E-state index in [4.69, 9.17) is 9.47 Å². The summed E-state index contributed by atoms with van der Waals surface area (Å²) >= 11 is 0. The Morgan fingerprint density at radius 2 is 1.85 bits per heavy atom. The minimum Gasteiger partial charge on any atom is -0.493 e. The fraction of sp³-hybridized carbons (Fsp3) is 0.167. The van der Waals surface area contributed by atoms with E-state index in [0.29, 0.717) is 5.56 Å². The number of carboxylic acids is 1. The summed E-state index contributed by atoms with van der Waals surface area (Å²) in [6, 6.07) is 8.53. The molecule has 0 unspecified atom stereocenters. The number of carboxylic acid groups (broad SMARTS) is 1. The molecule has 8 heteroatoms. The van der Waals surface area contributed by atoms with Crippen molar-refractivity contribution in [2.45, 2.75) is 6.42 Å². The van der Waals surface area contributed by atoms with E-state index in [1.807, 2.05) is 0 Å². The summed E-state index contributed by atoms with van der Waals surface area (Å²) in [6.45, 7) is 0. The Morgan fingerprint density at radius 1 is 1.15 bits per heavy atom. The van der Waals surface area contributed by atoms with Gasteiger partial charge in [-0.25, -0.2) is 14.6 Å². The Hall–Kier alpha value is -3.42. The second-order valence-electron chi connectivity index (χ2n) is 5.17. The first kappa shape index (κ1) is 18.9. The second kappa shape index (κ2) is 8.61. The number of amides is 1. The third-order valence-electron chi connectivity index (χ3n) is 3.46.